The number of aliphatic hydroxyl groups excluding tert-OH is 8. The molecule has 75 heavy (non-hydrogen) atoms. The van der Waals surface area contributed by atoms with Gasteiger partial charge in [0, 0.05) is 6.42 Å². The highest BCUT2D eigenvalue weighted by Crippen LogP contribution is 2.30. The van der Waals surface area contributed by atoms with E-state index < -0.39 is 86.8 Å². The average molecular weight is 1050 g/mol. The Labute approximate surface area is 449 Å². The van der Waals surface area contributed by atoms with Crippen LogP contribution in [0.3, 0.4) is 0 Å². The fourth-order valence-electron chi connectivity index (χ4n) is 7.79. The number of hydrogen-bond acceptors (Lipinski definition) is 13. The molecule has 1 amide bonds. The maximum absolute atomic E-state index is 13.1. The Balaban J connectivity index is 1.71. The van der Waals surface area contributed by atoms with Crippen LogP contribution in [-0.2, 0) is 23.7 Å². The van der Waals surface area contributed by atoms with Crippen LogP contribution in [0.1, 0.15) is 136 Å². The summed E-state index contributed by atoms with van der Waals surface area (Å²) in [5.41, 5.74) is 0. The number of unbranched alkanes of at least 4 members (excludes halogenated alkanes) is 5. The number of amides is 1. The number of aliphatic hydroxyl groups is 8. The number of ether oxygens (including phenoxy) is 4. The van der Waals surface area contributed by atoms with Gasteiger partial charge in [-0.05, 0) is 103 Å². The molecule has 14 nitrogen and oxygen atoms in total. The van der Waals surface area contributed by atoms with Crippen LogP contribution >= 0.6 is 0 Å². The monoisotopic (exact) mass is 1050 g/mol. The van der Waals surface area contributed by atoms with Crippen LogP contribution in [0.5, 0.6) is 0 Å². The lowest BCUT2D eigenvalue weighted by Gasteiger charge is -2.46. The molecule has 2 saturated heterocycles. The first-order chi connectivity index (χ1) is 36.6. The zero-order valence-corrected chi connectivity index (χ0v) is 45.0. The molecule has 2 aliphatic heterocycles. The summed E-state index contributed by atoms with van der Waals surface area (Å²) >= 11 is 0. The van der Waals surface area contributed by atoms with E-state index in [9.17, 15) is 45.6 Å². The fourth-order valence-corrected chi connectivity index (χ4v) is 7.79. The molecule has 0 bridgehead atoms. The molecule has 422 valence electrons. The Morgan fingerprint density at radius 2 is 0.920 bits per heavy atom. The largest absolute Gasteiger partial charge is 0.394 e. The van der Waals surface area contributed by atoms with E-state index in [0.717, 1.165) is 103 Å². The maximum Gasteiger partial charge on any atom is 0.220 e. The molecule has 0 aliphatic carbocycles. The molecule has 2 rings (SSSR count). The van der Waals surface area contributed by atoms with Crippen molar-refractivity contribution in [2.75, 3.05) is 19.8 Å². The van der Waals surface area contributed by atoms with E-state index in [4.69, 9.17) is 18.9 Å². The van der Waals surface area contributed by atoms with E-state index in [0.29, 0.717) is 12.8 Å². The number of nitrogens with one attached hydrogen (secondary N) is 1. The highest BCUT2D eigenvalue weighted by molar-refractivity contribution is 5.76. The van der Waals surface area contributed by atoms with E-state index in [1.165, 1.54) is 0 Å². The Hall–Kier alpha value is -4.13. The first-order valence-electron chi connectivity index (χ1n) is 27.6. The van der Waals surface area contributed by atoms with Gasteiger partial charge < -0.3 is 65.1 Å². The number of carbonyl (C=O) groups is 1. The molecular formula is C61H95NO13. The molecule has 9 N–H and O–H groups in total. The van der Waals surface area contributed by atoms with Crippen LogP contribution in [-0.4, -0.2) is 140 Å². The van der Waals surface area contributed by atoms with Crippen molar-refractivity contribution in [3.63, 3.8) is 0 Å². The molecular weight excluding hydrogens is 955 g/mol. The lowest BCUT2D eigenvalue weighted by Crippen LogP contribution is -2.65. The Bertz CT molecular complexity index is 1810. The average Bonchev–Trinajstić information content (AvgIpc) is 3.41. The third-order valence-corrected chi connectivity index (χ3v) is 12.3. The number of carbonyl (C=O) groups excluding carboxylic acids is 1. The number of allylic oxidation sites excluding steroid dienone is 23. The summed E-state index contributed by atoms with van der Waals surface area (Å²) in [5.74, 6) is -0.304. The highest BCUT2D eigenvalue weighted by Gasteiger charge is 2.51. The summed E-state index contributed by atoms with van der Waals surface area (Å²) in [7, 11) is 0. The first kappa shape index (κ1) is 67.0. The standard InChI is InChI=1S/C61H95NO13/c1-3-5-7-9-11-13-14-15-16-17-18-19-20-21-22-23-24-25-26-27-28-29-30-31-32-33-34-35-36-37-39-41-43-45-53(66)62-49(50(65)44-42-40-38-12-10-8-6-4-2)48-72-60-58(71)56(69)59(52(47-64)74-60)75-61-57(70)55(68)54(67)51(46-63)73-61/h5,7,10-13,15-16,18-19,21-22,24-25,27-28,30-31,33-34,36-37,42,44,49-52,54-61,63-65,67-71H,3-4,6,8-9,14,17,20,23,26,29,32,35,38-41,43,45-48H2,1-2H3,(H,62,66)/b7-5-,12-10+,13-11-,16-15-,19-18-,22-21-,25-24-,28-27-,31-30-,34-33-,37-36-,44-42+. The van der Waals surface area contributed by atoms with Gasteiger partial charge in [-0.15, -0.1) is 0 Å². The topological polar surface area (TPSA) is 228 Å². The molecule has 0 radical (unpaired) electrons. The normalized spacial score (nSPS) is 26.2. The number of rotatable bonds is 40. The predicted octanol–water partition coefficient (Wildman–Crippen LogP) is 8.60. The van der Waals surface area contributed by atoms with Crippen molar-refractivity contribution < 1.29 is 64.6 Å². The van der Waals surface area contributed by atoms with Gasteiger partial charge in [0.1, 0.15) is 48.8 Å². The van der Waals surface area contributed by atoms with Crippen LogP contribution in [0.25, 0.3) is 0 Å². The molecule has 14 heteroatoms. The molecule has 2 aliphatic rings. The molecule has 0 spiro atoms. The third-order valence-electron chi connectivity index (χ3n) is 12.3. The van der Waals surface area contributed by atoms with Crippen LogP contribution < -0.4 is 5.32 Å². The van der Waals surface area contributed by atoms with Gasteiger partial charge in [-0.25, -0.2) is 0 Å². The van der Waals surface area contributed by atoms with Gasteiger partial charge in [0.15, 0.2) is 12.6 Å². The van der Waals surface area contributed by atoms with Crippen LogP contribution in [0.4, 0.5) is 0 Å². The second-order valence-corrected chi connectivity index (χ2v) is 18.6. The van der Waals surface area contributed by atoms with Crippen molar-refractivity contribution >= 4 is 5.91 Å². The summed E-state index contributed by atoms with van der Waals surface area (Å²) < 4.78 is 22.6. The Kier molecular flexibility index (Phi) is 40.1. The van der Waals surface area contributed by atoms with Gasteiger partial charge in [-0.1, -0.05) is 173 Å². The second kappa shape index (κ2) is 44.9. The minimum absolute atomic E-state index is 0.206. The van der Waals surface area contributed by atoms with Gasteiger partial charge in [0.05, 0.1) is 32.0 Å². The maximum atomic E-state index is 13.1. The summed E-state index contributed by atoms with van der Waals surface area (Å²) in [6.45, 7) is 2.50. The smallest absolute Gasteiger partial charge is 0.220 e. The van der Waals surface area contributed by atoms with Crippen LogP contribution in [0.15, 0.2) is 146 Å². The van der Waals surface area contributed by atoms with E-state index in [1.807, 2.05) is 6.08 Å². The van der Waals surface area contributed by atoms with Crippen molar-refractivity contribution in [2.24, 2.45) is 0 Å². The van der Waals surface area contributed by atoms with Crippen LogP contribution in [0.2, 0.25) is 0 Å². The molecule has 0 aromatic carbocycles. The van der Waals surface area contributed by atoms with Crippen molar-refractivity contribution in [3.8, 4) is 0 Å². The van der Waals surface area contributed by atoms with Gasteiger partial charge in [0.2, 0.25) is 5.91 Å². The summed E-state index contributed by atoms with van der Waals surface area (Å²) in [6, 6.07) is -0.963. The fraction of sp³-hybridized carbons (Fsp3) is 0.590. The molecule has 0 aromatic heterocycles. The van der Waals surface area contributed by atoms with Gasteiger partial charge in [-0.3, -0.25) is 4.79 Å². The van der Waals surface area contributed by atoms with E-state index in [1.54, 1.807) is 6.08 Å². The summed E-state index contributed by atoms with van der Waals surface area (Å²) in [6.07, 6.45) is 50.7. The minimum Gasteiger partial charge on any atom is -0.394 e. The molecule has 0 aromatic rings. The van der Waals surface area contributed by atoms with Crippen molar-refractivity contribution in [1.29, 1.82) is 0 Å². The second-order valence-electron chi connectivity index (χ2n) is 18.6. The molecule has 2 fully saturated rings. The van der Waals surface area contributed by atoms with Crippen molar-refractivity contribution in [2.45, 2.75) is 209 Å². The van der Waals surface area contributed by atoms with E-state index in [-0.39, 0.29) is 18.9 Å². The van der Waals surface area contributed by atoms with Gasteiger partial charge in [-0.2, -0.15) is 0 Å². The number of hydrogen-bond donors (Lipinski definition) is 9. The molecule has 2 heterocycles. The summed E-state index contributed by atoms with van der Waals surface area (Å²) in [4.78, 5) is 13.1. The van der Waals surface area contributed by atoms with Crippen molar-refractivity contribution in [3.05, 3.63) is 146 Å². The van der Waals surface area contributed by atoms with Crippen molar-refractivity contribution in [1.82, 2.24) is 5.32 Å². The lowest BCUT2D eigenvalue weighted by atomic mass is 9.97. The van der Waals surface area contributed by atoms with Gasteiger partial charge >= 0.3 is 0 Å². The molecule has 0 saturated carbocycles. The molecule has 12 unspecified atom stereocenters. The Morgan fingerprint density at radius 1 is 0.493 bits per heavy atom. The van der Waals surface area contributed by atoms with E-state index in [2.05, 4.69) is 153 Å². The lowest BCUT2D eigenvalue weighted by molar-refractivity contribution is -0.359. The van der Waals surface area contributed by atoms with E-state index >= 15 is 0 Å². The van der Waals surface area contributed by atoms with Gasteiger partial charge in [0.25, 0.3) is 0 Å². The highest BCUT2D eigenvalue weighted by atomic mass is 16.7. The minimum atomic E-state index is -1.80. The summed E-state index contributed by atoms with van der Waals surface area (Å²) in [5, 5.41) is 86.5. The SMILES string of the molecule is CC/C=C\C/C=C\C/C=C\C/C=C\C/C=C\C/C=C\C/C=C\C/C=C\C/C=C\C/C=C\CCCCC(=O)NC(COC1OC(CO)C(OC2OC(CO)C(O)C(O)C2O)C(O)C1O)C(O)/C=C/CC/C=C/CCCC. The predicted molar refractivity (Wildman–Crippen MR) is 299 cm³/mol. The first-order valence-corrected chi connectivity index (χ1v) is 27.6. The quantitative estimate of drug-likeness (QED) is 0.0207. The molecule has 12 atom stereocenters. The zero-order chi connectivity index (χ0) is 54.6. The van der Waals surface area contributed by atoms with Crippen LogP contribution in [0, 0.1) is 0 Å². The Morgan fingerprint density at radius 3 is 1.41 bits per heavy atom. The third kappa shape index (κ3) is 31.0. The zero-order valence-electron chi connectivity index (χ0n) is 45.0.